The molecular weight excluding hydrogens is 343 g/mol. The van der Waals surface area contributed by atoms with Crippen molar-refractivity contribution in [2.24, 2.45) is 10.3 Å². The van der Waals surface area contributed by atoms with Crippen LogP contribution in [0, 0.1) is 5.82 Å². The molecule has 9 nitrogen and oxygen atoms in total. The number of azide groups is 1. The van der Waals surface area contributed by atoms with Crippen molar-refractivity contribution in [1.82, 2.24) is 4.90 Å². The molecule has 0 unspecified atom stereocenters. The van der Waals surface area contributed by atoms with E-state index >= 15 is 0 Å². The van der Waals surface area contributed by atoms with E-state index in [1.807, 2.05) is 4.90 Å². The SMILES string of the molecule is [N-]=[N+]=NC[C@H]1CC(c2ccc(N3CCN(C(=O)CO)CC3)c(F)c2)=NO1. The second-order valence-electron chi connectivity index (χ2n) is 6.08. The Kier molecular flexibility index (Phi) is 5.55. The van der Waals surface area contributed by atoms with Crippen LogP contribution in [-0.2, 0) is 9.63 Å². The maximum absolute atomic E-state index is 14.6. The Morgan fingerprint density at radius 2 is 2.19 bits per heavy atom. The molecule has 0 aliphatic carbocycles. The lowest BCUT2D eigenvalue weighted by molar-refractivity contribution is -0.134. The zero-order valence-corrected chi connectivity index (χ0v) is 14.1. The highest BCUT2D eigenvalue weighted by Gasteiger charge is 2.25. The molecule has 1 atom stereocenters. The summed E-state index contributed by atoms with van der Waals surface area (Å²) in [7, 11) is 0. The minimum absolute atomic E-state index is 0.181. The fraction of sp³-hybridized carbons (Fsp3) is 0.500. The maximum atomic E-state index is 14.6. The molecule has 1 aromatic carbocycles. The first-order valence-corrected chi connectivity index (χ1v) is 8.29. The molecule has 10 heteroatoms. The highest BCUT2D eigenvalue weighted by molar-refractivity contribution is 6.01. The normalized spacial score (nSPS) is 19.6. The Labute approximate surface area is 149 Å². The fourth-order valence-electron chi connectivity index (χ4n) is 3.06. The summed E-state index contributed by atoms with van der Waals surface area (Å²) >= 11 is 0. The van der Waals surface area contributed by atoms with Crippen LogP contribution in [0.4, 0.5) is 10.1 Å². The molecular formula is C16H19FN6O3. The number of aliphatic hydroxyl groups is 1. The van der Waals surface area contributed by atoms with Crippen molar-refractivity contribution in [2.45, 2.75) is 12.5 Å². The molecule has 26 heavy (non-hydrogen) atoms. The first-order chi connectivity index (χ1) is 12.6. The molecule has 1 aromatic rings. The molecule has 2 aliphatic heterocycles. The van der Waals surface area contributed by atoms with Gasteiger partial charge in [-0.3, -0.25) is 4.79 Å². The smallest absolute Gasteiger partial charge is 0.248 e. The van der Waals surface area contributed by atoms with Crippen LogP contribution in [0.5, 0.6) is 0 Å². The van der Waals surface area contributed by atoms with Gasteiger partial charge >= 0.3 is 0 Å². The molecule has 0 saturated carbocycles. The van der Waals surface area contributed by atoms with Gasteiger partial charge in [0.1, 0.15) is 18.5 Å². The molecule has 2 aliphatic rings. The first-order valence-electron chi connectivity index (χ1n) is 8.29. The van der Waals surface area contributed by atoms with Crippen LogP contribution in [0.15, 0.2) is 28.5 Å². The van der Waals surface area contributed by atoms with Crippen molar-refractivity contribution in [3.8, 4) is 0 Å². The van der Waals surface area contributed by atoms with Crippen LogP contribution in [0.25, 0.3) is 10.4 Å². The number of aliphatic hydroxyl groups excluding tert-OH is 1. The fourth-order valence-corrected chi connectivity index (χ4v) is 3.06. The molecule has 0 bridgehead atoms. The number of nitrogens with zero attached hydrogens (tertiary/aromatic N) is 6. The second-order valence-corrected chi connectivity index (χ2v) is 6.08. The average Bonchev–Trinajstić information content (AvgIpc) is 3.15. The van der Waals surface area contributed by atoms with Crippen LogP contribution in [0.1, 0.15) is 12.0 Å². The second kappa shape index (κ2) is 8.03. The number of hydrogen-bond donors (Lipinski definition) is 1. The summed E-state index contributed by atoms with van der Waals surface area (Å²) in [5.74, 6) is -0.680. The van der Waals surface area contributed by atoms with Gasteiger partial charge in [-0.1, -0.05) is 16.3 Å². The van der Waals surface area contributed by atoms with Crippen molar-refractivity contribution in [2.75, 3.05) is 44.2 Å². The Hall–Kier alpha value is -2.84. The van der Waals surface area contributed by atoms with E-state index < -0.39 is 6.61 Å². The average molecular weight is 362 g/mol. The Bertz CT molecular complexity index is 756. The summed E-state index contributed by atoms with van der Waals surface area (Å²) in [5.41, 5.74) is 10.1. The van der Waals surface area contributed by atoms with Gasteiger partial charge in [-0.2, -0.15) is 0 Å². The third-order valence-electron chi connectivity index (χ3n) is 4.47. The number of oxime groups is 1. The van der Waals surface area contributed by atoms with E-state index in [4.69, 9.17) is 15.5 Å². The molecule has 1 saturated heterocycles. The summed E-state index contributed by atoms with van der Waals surface area (Å²) in [6, 6.07) is 4.89. The van der Waals surface area contributed by atoms with Crippen molar-refractivity contribution < 1.29 is 19.1 Å². The standard InChI is InChI=1S/C16H19FN6O3/c17-13-7-11(14-8-12(26-20-14)9-19-21-18)1-2-15(13)22-3-5-23(6-4-22)16(25)10-24/h1-2,7,12,24H,3-6,8-10H2/t12-/m1/s1. The molecule has 1 amide bonds. The Morgan fingerprint density at radius 1 is 1.42 bits per heavy atom. The lowest BCUT2D eigenvalue weighted by atomic mass is 10.0. The minimum atomic E-state index is -0.506. The third kappa shape index (κ3) is 3.87. The zero-order chi connectivity index (χ0) is 18.5. The Morgan fingerprint density at radius 3 is 2.85 bits per heavy atom. The number of carbonyl (C=O) groups excluding carboxylic acids is 1. The number of hydrogen-bond acceptors (Lipinski definition) is 6. The minimum Gasteiger partial charge on any atom is -0.392 e. The summed E-state index contributed by atoms with van der Waals surface area (Å²) in [4.78, 5) is 22.8. The van der Waals surface area contributed by atoms with Gasteiger partial charge in [0.15, 0.2) is 0 Å². The van der Waals surface area contributed by atoms with Crippen molar-refractivity contribution in [1.29, 1.82) is 0 Å². The quantitative estimate of drug-likeness (QED) is 0.482. The van der Waals surface area contributed by atoms with Gasteiger partial charge < -0.3 is 19.7 Å². The summed E-state index contributed by atoms with van der Waals surface area (Å²) in [6.45, 7) is 1.57. The highest BCUT2D eigenvalue weighted by atomic mass is 19.1. The Balaban J connectivity index is 1.64. The van der Waals surface area contributed by atoms with Crippen LogP contribution in [0.3, 0.4) is 0 Å². The van der Waals surface area contributed by atoms with Crippen molar-refractivity contribution in [3.63, 3.8) is 0 Å². The predicted octanol–water partition coefficient (Wildman–Crippen LogP) is 1.27. The van der Waals surface area contributed by atoms with Crippen molar-refractivity contribution >= 4 is 17.3 Å². The van der Waals surface area contributed by atoms with Crippen molar-refractivity contribution in [3.05, 3.63) is 40.0 Å². The number of anilines is 1. The number of amides is 1. The van der Waals surface area contributed by atoms with Gasteiger partial charge in [0.2, 0.25) is 5.91 Å². The molecule has 0 aromatic heterocycles. The van der Waals surface area contributed by atoms with Gasteiger partial charge in [0.05, 0.1) is 17.9 Å². The van der Waals surface area contributed by atoms with E-state index in [1.54, 1.807) is 17.0 Å². The summed E-state index contributed by atoms with van der Waals surface area (Å²) in [5, 5.41) is 16.3. The number of rotatable bonds is 5. The van der Waals surface area contributed by atoms with E-state index in [-0.39, 0.29) is 24.4 Å². The maximum Gasteiger partial charge on any atom is 0.248 e. The van der Waals surface area contributed by atoms with E-state index in [1.165, 1.54) is 6.07 Å². The van der Waals surface area contributed by atoms with Gasteiger partial charge in [0, 0.05) is 43.1 Å². The molecule has 138 valence electrons. The largest absolute Gasteiger partial charge is 0.392 e. The summed E-state index contributed by atoms with van der Waals surface area (Å²) in [6.07, 6.45) is 0.139. The highest BCUT2D eigenvalue weighted by Crippen LogP contribution is 2.25. The van der Waals surface area contributed by atoms with Gasteiger partial charge in [-0.25, -0.2) is 4.39 Å². The van der Waals surface area contributed by atoms with Gasteiger partial charge in [-0.15, -0.1) is 0 Å². The number of carbonyl (C=O) groups is 1. The van der Waals surface area contributed by atoms with Crippen LogP contribution in [-0.4, -0.2) is 67.1 Å². The van der Waals surface area contributed by atoms with Gasteiger partial charge in [0.25, 0.3) is 0 Å². The molecule has 0 radical (unpaired) electrons. The third-order valence-corrected chi connectivity index (χ3v) is 4.47. The molecule has 2 heterocycles. The van der Waals surface area contributed by atoms with E-state index in [0.717, 1.165) is 0 Å². The number of halogens is 1. The van der Waals surface area contributed by atoms with Crippen LogP contribution >= 0.6 is 0 Å². The van der Waals surface area contributed by atoms with Crippen LogP contribution in [0.2, 0.25) is 0 Å². The predicted molar refractivity (Wildman–Crippen MR) is 92.3 cm³/mol. The number of benzene rings is 1. The van der Waals surface area contributed by atoms with Gasteiger partial charge in [-0.05, 0) is 17.7 Å². The topological polar surface area (TPSA) is 114 Å². The lowest BCUT2D eigenvalue weighted by Gasteiger charge is -2.36. The molecule has 1 fully saturated rings. The number of piperazine rings is 1. The zero-order valence-electron chi connectivity index (χ0n) is 14.1. The van der Waals surface area contributed by atoms with E-state index in [2.05, 4.69) is 15.2 Å². The van der Waals surface area contributed by atoms with E-state index in [9.17, 15) is 9.18 Å². The van der Waals surface area contributed by atoms with Crippen LogP contribution < -0.4 is 4.90 Å². The first kappa shape index (κ1) is 18.0. The molecule has 0 spiro atoms. The molecule has 3 rings (SSSR count). The molecule has 1 N–H and O–H groups in total. The van der Waals surface area contributed by atoms with E-state index in [0.29, 0.717) is 49.6 Å². The lowest BCUT2D eigenvalue weighted by Crippen LogP contribution is -2.49. The monoisotopic (exact) mass is 362 g/mol. The summed E-state index contributed by atoms with van der Waals surface area (Å²) < 4.78 is 14.6.